The fourth-order valence-corrected chi connectivity index (χ4v) is 5.34. The Hall–Kier alpha value is -3.17. The molecule has 1 aromatic heterocycles. The summed E-state index contributed by atoms with van der Waals surface area (Å²) in [5, 5.41) is 0. The summed E-state index contributed by atoms with van der Waals surface area (Å²) in [6, 6.07) is 12.3. The number of carbonyl (C=O) groups is 1. The Morgan fingerprint density at radius 2 is 1.94 bits per heavy atom. The number of rotatable bonds is 6. The van der Waals surface area contributed by atoms with E-state index in [9.17, 15) is 9.59 Å². The van der Waals surface area contributed by atoms with Crippen molar-refractivity contribution in [2.24, 2.45) is 4.99 Å². The number of carbonyl (C=O) groups excluding carboxylic acids is 1. The molecule has 0 N–H and O–H groups in total. The number of halogens is 1. The minimum absolute atomic E-state index is 0.227. The maximum atomic E-state index is 13.6. The summed E-state index contributed by atoms with van der Waals surface area (Å²) in [6.07, 6.45) is 1.78. The van der Waals surface area contributed by atoms with E-state index in [4.69, 9.17) is 14.2 Å². The molecule has 2 heterocycles. The molecular weight excluding hydrogens is 520 g/mol. The maximum absolute atomic E-state index is 13.6. The van der Waals surface area contributed by atoms with E-state index < -0.39 is 12.0 Å². The van der Waals surface area contributed by atoms with Crippen molar-refractivity contribution < 1.29 is 19.0 Å². The predicted octanol–water partition coefficient (Wildman–Crippen LogP) is 3.58. The van der Waals surface area contributed by atoms with Crippen LogP contribution in [-0.2, 0) is 9.53 Å². The molecule has 0 bridgehead atoms. The molecular formula is C25H23BrN2O5S. The van der Waals surface area contributed by atoms with Crippen LogP contribution in [0.4, 0.5) is 0 Å². The van der Waals surface area contributed by atoms with E-state index >= 15 is 0 Å². The number of ether oxygens (including phenoxy) is 3. The number of benzene rings is 2. The van der Waals surface area contributed by atoms with E-state index in [1.54, 1.807) is 50.8 Å². The Morgan fingerprint density at radius 1 is 1.18 bits per heavy atom. The minimum atomic E-state index is -0.652. The van der Waals surface area contributed by atoms with Crippen LogP contribution in [0.1, 0.15) is 31.0 Å². The molecule has 4 rings (SSSR count). The van der Waals surface area contributed by atoms with Crippen molar-refractivity contribution in [2.75, 3.05) is 20.8 Å². The van der Waals surface area contributed by atoms with Crippen molar-refractivity contribution >= 4 is 39.3 Å². The molecule has 0 saturated carbocycles. The lowest BCUT2D eigenvalue weighted by Gasteiger charge is -2.24. The van der Waals surface area contributed by atoms with Crippen molar-refractivity contribution in [1.82, 2.24) is 4.57 Å². The summed E-state index contributed by atoms with van der Waals surface area (Å²) in [7, 11) is 3.13. The summed E-state index contributed by atoms with van der Waals surface area (Å²) < 4.78 is 18.9. The van der Waals surface area contributed by atoms with Gasteiger partial charge in [-0.3, -0.25) is 9.36 Å². The van der Waals surface area contributed by atoms with Crippen LogP contribution in [0.2, 0.25) is 0 Å². The van der Waals surface area contributed by atoms with Crippen molar-refractivity contribution in [1.29, 1.82) is 0 Å². The average Bonchev–Trinajstić information content (AvgIpc) is 3.12. The van der Waals surface area contributed by atoms with Gasteiger partial charge in [-0.1, -0.05) is 45.5 Å². The summed E-state index contributed by atoms with van der Waals surface area (Å²) in [5.74, 6) is 0.685. The molecule has 1 atom stereocenters. The van der Waals surface area contributed by atoms with Crippen molar-refractivity contribution in [2.45, 2.75) is 19.9 Å². The van der Waals surface area contributed by atoms with Gasteiger partial charge in [-0.05, 0) is 55.3 Å². The standard InChI is InChI=1S/C25H23BrN2O5S/c1-5-33-24(30)21-14(2)27-25-28(22(21)16-7-6-8-17(26)13-16)23(29)20(34-25)12-15-9-10-18(31-3)19(11-15)32-4/h6-13,22H,5H2,1-4H3. The highest BCUT2D eigenvalue weighted by atomic mass is 79.9. The van der Waals surface area contributed by atoms with Gasteiger partial charge in [-0.15, -0.1) is 0 Å². The van der Waals surface area contributed by atoms with Gasteiger partial charge in [0, 0.05) is 4.47 Å². The molecule has 0 radical (unpaired) electrons. The number of hydrogen-bond donors (Lipinski definition) is 0. The highest BCUT2D eigenvalue weighted by Gasteiger charge is 2.33. The quantitative estimate of drug-likeness (QED) is 0.445. The zero-order valence-electron chi connectivity index (χ0n) is 19.1. The smallest absolute Gasteiger partial charge is 0.338 e. The largest absolute Gasteiger partial charge is 0.493 e. The van der Waals surface area contributed by atoms with Crippen molar-refractivity contribution in [3.8, 4) is 11.5 Å². The molecule has 0 fully saturated rings. The molecule has 0 aliphatic carbocycles. The topological polar surface area (TPSA) is 79.1 Å². The van der Waals surface area contributed by atoms with E-state index in [0.717, 1.165) is 15.6 Å². The third-order valence-electron chi connectivity index (χ3n) is 5.39. The second-order valence-electron chi connectivity index (χ2n) is 7.47. The molecule has 0 amide bonds. The van der Waals surface area contributed by atoms with Crippen LogP contribution < -0.4 is 24.4 Å². The Bertz CT molecular complexity index is 1470. The first-order valence-corrected chi connectivity index (χ1v) is 12.2. The van der Waals surface area contributed by atoms with E-state index in [1.165, 1.54) is 11.3 Å². The normalized spacial score (nSPS) is 15.6. The third-order valence-corrected chi connectivity index (χ3v) is 6.86. The van der Waals surface area contributed by atoms with Gasteiger partial charge in [0.15, 0.2) is 16.3 Å². The molecule has 1 unspecified atom stereocenters. The third kappa shape index (κ3) is 4.45. The van der Waals surface area contributed by atoms with Gasteiger partial charge >= 0.3 is 5.97 Å². The Kier molecular flexibility index (Phi) is 7.04. The van der Waals surface area contributed by atoms with Crippen LogP contribution in [-0.4, -0.2) is 31.4 Å². The lowest BCUT2D eigenvalue weighted by atomic mass is 9.96. The van der Waals surface area contributed by atoms with E-state index in [1.807, 2.05) is 30.3 Å². The highest BCUT2D eigenvalue weighted by Crippen LogP contribution is 2.32. The summed E-state index contributed by atoms with van der Waals surface area (Å²) in [5.41, 5.74) is 2.21. The fourth-order valence-electron chi connectivity index (χ4n) is 3.88. The van der Waals surface area contributed by atoms with Crippen LogP contribution >= 0.6 is 27.3 Å². The first kappa shape index (κ1) is 24.0. The Morgan fingerprint density at radius 3 is 2.62 bits per heavy atom. The van der Waals surface area contributed by atoms with Crippen molar-refractivity contribution in [3.05, 3.63) is 89.0 Å². The number of esters is 1. The lowest BCUT2D eigenvalue weighted by molar-refractivity contribution is -0.139. The molecule has 3 aromatic rings. The van der Waals surface area contributed by atoms with Crippen molar-refractivity contribution in [3.63, 3.8) is 0 Å². The number of allylic oxidation sites excluding steroid dienone is 1. The first-order valence-electron chi connectivity index (χ1n) is 10.5. The summed E-state index contributed by atoms with van der Waals surface area (Å²) >= 11 is 4.77. The zero-order valence-corrected chi connectivity index (χ0v) is 21.5. The highest BCUT2D eigenvalue weighted by molar-refractivity contribution is 9.10. The molecule has 1 aliphatic rings. The molecule has 176 valence electrons. The number of methoxy groups -OCH3 is 2. The molecule has 1 aliphatic heterocycles. The number of fused-ring (bicyclic) bond motifs is 1. The fraction of sp³-hybridized carbons (Fsp3) is 0.240. The van der Waals surface area contributed by atoms with Crippen LogP contribution in [0, 0.1) is 0 Å². The Labute approximate surface area is 208 Å². The van der Waals surface area contributed by atoms with Crippen LogP contribution in [0.5, 0.6) is 11.5 Å². The van der Waals surface area contributed by atoms with Crippen LogP contribution in [0.15, 0.2) is 68.0 Å². The van der Waals surface area contributed by atoms with E-state index in [2.05, 4.69) is 20.9 Å². The molecule has 7 nitrogen and oxygen atoms in total. The number of hydrogen-bond acceptors (Lipinski definition) is 7. The van der Waals surface area contributed by atoms with Gasteiger partial charge in [-0.2, -0.15) is 0 Å². The number of thiazole rings is 1. The van der Waals surface area contributed by atoms with Gasteiger partial charge in [0.25, 0.3) is 5.56 Å². The molecule has 2 aromatic carbocycles. The monoisotopic (exact) mass is 542 g/mol. The summed E-state index contributed by atoms with van der Waals surface area (Å²) in [6.45, 7) is 3.74. The Balaban J connectivity index is 1.93. The SMILES string of the molecule is CCOC(=O)C1=C(C)N=c2sc(=Cc3ccc(OC)c(OC)c3)c(=O)n2C1c1cccc(Br)c1. The minimum Gasteiger partial charge on any atom is -0.493 e. The first-order chi connectivity index (χ1) is 16.4. The second-order valence-corrected chi connectivity index (χ2v) is 9.40. The van der Waals surface area contributed by atoms with Gasteiger partial charge in [0.2, 0.25) is 0 Å². The lowest BCUT2D eigenvalue weighted by Crippen LogP contribution is -2.39. The number of aromatic nitrogens is 1. The zero-order chi connectivity index (χ0) is 24.4. The molecule has 0 spiro atoms. The van der Waals surface area contributed by atoms with E-state index in [-0.39, 0.29) is 12.2 Å². The molecule has 34 heavy (non-hydrogen) atoms. The predicted molar refractivity (Wildman–Crippen MR) is 134 cm³/mol. The average molecular weight is 543 g/mol. The van der Waals surface area contributed by atoms with Gasteiger partial charge < -0.3 is 14.2 Å². The van der Waals surface area contributed by atoms with Crippen LogP contribution in [0.3, 0.4) is 0 Å². The number of nitrogens with zero attached hydrogens (tertiary/aromatic N) is 2. The van der Waals surface area contributed by atoms with Crippen LogP contribution in [0.25, 0.3) is 6.08 Å². The molecule has 0 saturated heterocycles. The van der Waals surface area contributed by atoms with Gasteiger partial charge in [0.1, 0.15) is 0 Å². The van der Waals surface area contributed by atoms with Gasteiger partial charge in [-0.25, -0.2) is 9.79 Å². The summed E-state index contributed by atoms with van der Waals surface area (Å²) in [4.78, 5) is 31.7. The maximum Gasteiger partial charge on any atom is 0.338 e. The molecule has 9 heteroatoms. The van der Waals surface area contributed by atoms with Gasteiger partial charge in [0.05, 0.1) is 42.7 Å². The van der Waals surface area contributed by atoms with E-state index in [0.29, 0.717) is 32.1 Å². The second kappa shape index (κ2) is 9.99.